The van der Waals surface area contributed by atoms with E-state index in [0.29, 0.717) is 12.1 Å². The van der Waals surface area contributed by atoms with Gasteiger partial charge in [0.15, 0.2) is 9.84 Å². The summed E-state index contributed by atoms with van der Waals surface area (Å²) in [5, 5.41) is 0. The molecule has 1 aliphatic heterocycles. The van der Waals surface area contributed by atoms with Crippen LogP contribution in [0.25, 0.3) is 5.65 Å². The van der Waals surface area contributed by atoms with Crippen LogP contribution in [-0.4, -0.2) is 53.2 Å². The van der Waals surface area contributed by atoms with Crippen LogP contribution in [0, 0.1) is 6.92 Å². The van der Waals surface area contributed by atoms with Crippen molar-refractivity contribution in [3.63, 3.8) is 0 Å². The van der Waals surface area contributed by atoms with Gasteiger partial charge in [-0.3, -0.25) is 14.0 Å². The number of nitrogens with zero attached hydrogens (tertiary/aromatic N) is 3. The zero-order chi connectivity index (χ0) is 16.8. The third kappa shape index (κ3) is 2.86. The molecule has 3 heterocycles. The predicted octanol–water partition coefficient (Wildman–Crippen LogP) is 0.262. The second-order valence-electron chi connectivity index (χ2n) is 5.88. The fraction of sp³-hybridized carbons (Fsp3) is 0.400. The summed E-state index contributed by atoms with van der Waals surface area (Å²) in [5.74, 6) is -0.486. The first-order chi connectivity index (χ1) is 10.8. The molecule has 3 rings (SSSR count). The molecule has 1 aliphatic rings. The number of hydrogen-bond acceptors (Lipinski definition) is 5. The number of rotatable bonds is 2. The molecule has 1 atom stereocenters. The number of carbonyl (C=O) groups excluding carboxylic acids is 1. The molecule has 23 heavy (non-hydrogen) atoms. The average Bonchev–Trinajstić information content (AvgIpc) is 2.86. The molecule has 0 spiro atoms. The number of hydrogen-bond donors (Lipinski definition) is 0. The maximum atomic E-state index is 12.6. The molecule has 1 amide bonds. The van der Waals surface area contributed by atoms with Crippen molar-refractivity contribution in [2.75, 3.05) is 18.6 Å². The quantitative estimate of drug-likeness (QED) is 0.785. The minimum absolute atomic E-state index is 0.0573. The first-order valence-corrected chi connectivity index (χ1v) is 9.06. The molecule has 0 N–H and O–H groups in total. The lowest BCUT2D eigenvalue weighted by Gasteiger charge is -2.23. The molecule has 122 valence electrons. The van der Waals surface area contributed by atoms with Crippen molar-refractivity contribution >= 4 is 21.4 Å². The lowest BCUT2D eigenvalue weighted by atomic mass is 10.2. The number of aromatic nitrogens is 2. The summed E-state index contributed by atoms with van der Waals surface area (Å²) in [4.78, 5) is 30.5. The van der Waals surface area contributed by atoms with Gasteiger partial charge in [0.25, 0.3) is 11.5 Å². The number of sulfone groups is 1. The average molecular weight is 335 g/mol. The Bertz CT molecular complexity index is 949. The van der Waals surface area contributed by atoms with E-state index in [1.807, 2.05) is 6.92 Å². The van der Waals surface area contributed by atoms with E-state index in [-0.39, 0.29) is 17.1 Å². The highest BCUT2D eigenvalue weighted by atomic mass is 32.2. The van der Waals surface area contributed by atoms with Crippen LogP contribution >= 0.6 is 0 Å². The molecule has 8 heteroatoms. The molecule has 7 nitrogen and oxygen atoms in total. The van der Waals surface area contributed by atoms with E-state index in [2.05, 4.69) is 4.98 Å². The van der Waals surface area contributed by atoms with Gasteiger partial charge < -0.3 is 4.90 Å². The minimum atomic E-state index is -3.10. The Morgan fingerprint density at radius 3 is 2.83 bits per heavy atom. The van der Waals surface area contributed by atoms with Gasteiger partial charge in [-0.25, -0.2) is 13.4 Å². The Morgan fingerprint density at radius 2 is 2.17 bits per heavy atom. The Morgan fingerprint density at radius 1 is 1.43 bits per heavy atom. The first kappa shape index (κ1) is 15.7. The first-order valence-electron chi connectivity index (χ1n) is 7.24. The fourth-order valence-corrected chi connectivity index (χ4v) is 4.53. The van der Waals surface area contributed by atoms with Crippen LogP contribution in [0.2, 0.25) is 0 Å². The van der Waals surface area contributed by atoms with Crippen LogP contribution in [-0.2, 0) is 9.84 Å². The topological polar surface area (TPSA) is 88.8 Å². The zero-order valence-corrected chi connectivity index (χ0v) is 13.7. The van der Waals surface area contributed by atoms with Crippen molar-refractivity contribution < 1.29 is 13.2 Å². The SMILES string of the molecule is Cc1ccn2c(=O)c(C(=O)N(C)[C@@H]3CCS(=O)(=O)C3)cnc2c1. The summed E-state index contributed by atoms with van der Waals surface area (Å²) < 4.78 is 24.4. The summed E-state index contributed by atoms with van der Waals surface area (Å²) in [6.07, 6.45) is 3.24. The van der Waals surface area contributed by atoms with E-state index in [1.54, 1.807) is 18.3 Å². The number of fused-ring (bicyclic) bond motifs is 1. The van der Waals surface area contributed by atoms with Gasteiger partial charge in [-0.2, -0.15) is 0 Å². The molecule has 1 saturated heterocycles. The summed E-state index contributed by atoms with van der Waals surface area (Å²) in [5.41, 5.74) is 0.924. The number of aryl methyl sites for hydroxylation is 1. The lowest BCUT2D eigenvalue weighted by molar-refractivity contribution is 0.0745. The van der Waals surface area contributed by atoms with Gasteiger partial charge in [0, 0.05) is 25.5 Å². The van der Waals surface area contributed by atoms with Crippen molar-refractivity contribution in [2.45, 2.75) is 19.4 Å². The summed E-state index contributed by atoms with van der Waals surface area (Å²) in [6.45, 7) is 1.89. The smallest absolute Gasteiger partial charge is 0.270 e. The highest BCUT2D eigenvalue weighted by Gasteiger charge is 2.33. The van der Waals surface area contributed by atoms with Crippen molar-refractivity contribution in [2.24, 2.45) is 0 Å². The van der Waals surface area contributed by atoms with Crippen LogP contribution in [0.1, 0.15) is 22.3 Å². The second-order valence-corrected chi connectivity index (χ2v) is 8.11. The third-order valence-electron chi connectivity index (χ3n) is 4.17. The van der Waals surface area contributed by atoms with Crippen molar-refractivity contribution in [3.8, 4) is 0 Å². The largest absolute Gasteiger partial charge is 0.337 e. The zero-order valence-electron chi connectivity index (χ0n) is 12.9. The van der Waals surface area contributed by atoms with Gasteiger partial charge in [0.1, 0.15) is 11.2 Å². The number of carbonyl (C=O) groups is 1. The van der Waals surface area contributed by atoms with E-state index in [0.717, 1.165) is 5.56 Å². The highest BCUT2D eigenvalue weighted by molar-refractivity contribution is 7.91. The van der Waals surface area contributed by atoms with E-state index in [9.17, 15) is 18.0 Å². The summed E-state index contributed by atoms with van der Waals surface area (Å²) in [7, 11) is -1.57. The van der Waals surface area contributed by atoms with Crippen LogP contribution in [0.15, 0.2) is 29.3 Å². The molecule has 0 aromatic carbocycles. The second kappa shape index (κ2) is 5.45. The molecule has 0 aliphatic carbocycles. The summed E-state index contributed by atoms with van der Waals surface area (Å²) in [6, 6.07) is 3.12. The normalized spacial score (nSPS) is 19.8. The standard InChI is InChI=1S/C15H17N3O4S/c1-10-3-5-18-13(7-10)16-8-12(15(18)20)14(19)17(2)11-4-6-23(21,22)9-11/h3,5,7-8,11H,4,6,9H2,1-2H3/t11-/m1/s1. The van der Waals surface area contributed by atoms with Crippen LogP contribution in [0.4, 0.5) is 0 Å². The third-order valence-corrected chi connectivity index (χ3v) is 5.92. The molecule has 1 fully saturated rings. The molecular weight excluding hydrogens is 318 g/mol. The van der Waals surface area contributed by atoms with Gasteiger partial charge in [0.2, 0.25) is 0 Å². The molecule has 0 saturated carbocycles. The van der Waals surface area contributed by atoms with Gasteiger partial charge in [-0.1, -0.05) is 0 Å². The van der Waals surface area contributed by atoms with Crippen LogP contribution in [0.3, 0.4) is 0 Å². The van der Waals surface area contributed by atoms with E-state index in [4.69, 9.17) is 0 Å². The van der Waals surface area contributed by atoms with E-state index < -0.39 is 27.3 Å². The maximum Gasteiger partial charge on any atom is 0.270 e. The number of pyridine rings is 1. The Hall–Kier alpha value is -2.22. The minimum Gasteiger partial charge on any atom is -0.337 e. The number of amides is 1. The van der Waals surface area contributed by atoms with Gasteiger partial charge in [-0.05, 0) is 31.0 Å². The maximum absolute atomic E-state index is 12.6. The Balaban J connectivity index is 1.97. The monoisotopic (exact) mass is 335 g/mol. The molecule has 0 radical (unpaired) electrons. The van der Waals surface area contributed by atoms with E-state index >= 15 is 0 Å². The van der Waals surface area contributed by atoms with Gasteiger partial charge in [0.05, 0.1) is 11.5 Å². The Labute approximate surface area is 133 Å². The van der Waals surface area contributed by atoms with E-state index in [1.165, 1.54) is 22.5 Å². The molecule has 2 aromatic heterocycles. The molecular formula is C15H17N3O4S. The highest BCUT2D eigenvalue weighted by Crippen LogP contribution is 2.17. The van der Waals surface area contributed by atoms with Crippen molar-refractivity contribution in [3.05, 3.63) is 46.0 Å². The molecule has 0 bridgehead atoms. The van der Waals surface area contributed by atoms with Crippen LogP contribution in [0.5, 0.6) is 0 Å². The Kier molecular flexibility index (Phi) is 3.71. The van der Waals surface area contributed by atoms with Crippen molar-refractivity contribution in [1.82, 2.24) is 14.3 Å². The van der Waals surface area contributed by atoms with Gasteiger partial charge >= 0.3 is 0 Å². The van der Waals surface area contributed by atoms with Gasteiger partial charge in [-0.15, -0.1) is 0 Å². The molecule has 0 unspecified atom stereocenters. The summed E-state index contributed by atoms with van der Waals surface area (Å²) >= 11 is 0. The van der Waals surface area contributed by atoms with Crippen LogP contribution < -0.4 is 5.56 Å². The fourth-order valence-electron chi connectivity index (χ4n) is 2.76. The predicted molar refractivity (Wildman–Crippen MR) is 85.4 cm³/mol. The lowest BCUT2D eigenvalue weighted by Crippen LogP contribution is -2.40. The van der Waals surface area contributed by atoms with Crippen molar-refractivity contribution in [1.29, 1.82) is 0 Å². The molecule has 2 aromatic rings.